The van der Waals surface area contributed by atoms with Gasteiger partial charge in [0.05, 0.1) is 0 Å². The van der Waals surface area contributed by atoms with Gasteiger partial charge in [0.1, 0.15) is 5.84 Å². The molecule has 1 aromatic carbocycles. The van der Waals surface area contributed by atoms with Gasteiger partial charge in [-0.05, 0) is 31.0 Å². The highest BCUT2D eigenvalue weighted by atomic mass is 35.5. The second kappa shape index (κ2) is 6.40. The summed E-state index contributed by atoms with van der Waals surface area (Å²) in [6.07, 6.45) is 1.93. The van der Waals surface area contributed by atoms with Crippen molar-refractivity contribution in [3.8, 4) is 0 Å². The van der Waals surface area contributed by atoms with Crippen LogP contribution in [-0.4, -0.2) is 12.4 Å². The molecule has 0 bridgehead atoms. The van der Waals surface area contributed by atoms with Gasteiger partial charge in [-0.25, -0.2) is 0 Å². The zero-order chi connectivity index (χ0) is 9.68. The number of amidine groups is 1. The summed E-state index contributed by atoms with van der Waals surface area (Å²) in [6.45, 7) is 0.699. The predicted molar refractivity (Wildman–Crippen MR) is 62.1 cm³/mol. The van der Waals surface area contributed by atoms with Crippen molar-refractivity contribution < 1.29 is 0 Å². The van der Waals surface area contributed by atoms with Crippen molar-refractivity contribution >= 4 is 18.2 Å². The molecular weight excluding hydrogens is 198 g/mol. The number of halogens is 1. The van der Waals surface area contributed by atoms with Crippen LogP contribution in [0.2, 0.25) is 0 Å². The van der Waals surface area contributed by atoms with Crippen molar-refractivity contribution in [1.82, 2.24) is 0 Å². The first-order valence-corrected chi connectivity index (χ1v) is 4.37. The van der Waals surface area contributed by atoms with Gasteiger partial charge >= 0.3 is 0 Å². The Kier molecular flexibility index (Phi) is 5.92. The van der Waals surface area contributed by atoms with Crippen molar-refractivity contribution in [1.29, 1.82) is 5.41 Å². The number of nitrogens with one attached hydrogen (secondary N) is 1. The van der Waals surface area contributed by atoms with Gasteiger partial charge in [0, 0.05) is 5.56 Å². The van der Waals surface area contributed by atoms with E-state index in [2.05, 4.69) is 0 Å². The molecule has 0 aliphatic carbocycles. The van der Waals surface area contributed by atoms with Gasteiger partial charge in [0.15, 0.2) is 0 Å². The fraction of sp³-hybridized carbons (Fsp3) is 0.300. The van der Waals surface area contributed by atoms with Crippen LogP contribution < -0.4 is 11.5 Å². The molecule has 4 heteroatoms. The van der Waals surface area contributed by atoms with E-state index in [1.165, 1.54) is 5.56 Å². The first-order valence-electron chi connectivity index (χ1n) is 4.37. The number of benzene rings is 1. The van der Waals surface area contributed by atoms with E-state index in [9.17, 15) is 0 Å². The average Bonchev–Trinajstić information content (AvgIpc) is 2.15. The van der Waals surface area contributed by atoms with Crippen LogP contribution in [0.4, 0.5) is 0 Å². The Bertz CT molecular complexity index is 299. The van der Waals surface area contributed by atoms with Crippen molar-refractivity contribution in [2.45, 2.75) is 12.8 Å². The van der Waals surface area contributed by atoms with E-state index in [1.54, 1.807) is 0 Å². The minimum absolute atomic E-state index is 0. The molecule has 0 atom stereocenters. The van der Waals surface area contributed by atoms with Crippen LogP contribution in [0.15, 0.2) is 24.3 Å². The molecule has 0 spiro atoms. The smallest absolute Gasteiger partial charge is 0.122 e. The number of nitrogen functional groups attached to an aromatic ring is 1. The van der Waals surface area contributed by atoms with E-state index < -0.39 is 0 Å². The highest BCUT2D eigenvalue weighted by Gasteiger charge is 1.97. The molecule has 0 fully saturated rings. The lowest BCUT2D eigenvalue weighted by Crippen LogP contribution is -2.11. The number of aryl methyl sites for hydroxylation is 1. The topological polar surface area (TPSA) is 75.9 Å². The van der Waals surface area contributed by atoms with Gasteiger partial charge in [0.25, 0.3) is 0 Å². The monoisotopic (exact) mass is 213 g/mol. The van der Waals surface area contributed by atoms with Gasteiger partial charge in [-0.2, -0.15) is 0 Å². The molecule has 0 aliphatic rings. The highest BCUT2D eigenvalue weighted by Crippen LogP contribution is 2.06. The summed E-state index contributed by atoms with van der Waals surface area (Å²) >= 11 is 0. The van der Waals surface area contributed by atoms with E-state index in [0.717, 1.165) is 18.4 Å². The third kappa shape index (κ3) is 3.77. The Morgan fingerprint density at radius 2 is 2.07 bits per heavy atom. The van der Waals surface area contributed by atoms with E-state index in [4.69, 9.17) is 16.9 Å². The summed E-state index contributed by atoms with van der Waals surface area (Å²) in [7, 11) is 0. The number of hydrogen-bond acceptors (Lipinski definition) is 2. The second-order valence-corrected chi connectivity index (χ2v) is 3.01. The Morgan fingerprint density at radius 1 is 1.36 bits per heavy atom. The third-order valence-corrected chi connectivity index (χ3v) is 1.91. The normalized spacial score (nSPS) is 9.21. The van der Waals surface area contributed by atoms with Gasteiger partial charge < -0.3 is 11.5 Å². The van der Waals surface area contributed by atoms with Crippen molar-refractivity contribution in [3.05, 3.63) is 35.4 Å². The molecule has 0 saturated carbocycles. The van der Waals surface area contributed by atoms with Crippen LogP contribution in [0.1, 0.15) is 17.5 Å². The van der Waals surface area contributed by atoms with Gasteiger partial charge in [-0.3, -0.25) is 5.41 Å². The van der Waals surface area contributed by atoms with Crippen molar-refractivity contribution in [2.24, 2.45) is 11.5 Å². The first-order chi connectivity index (χ1) is 6.24. The first kappa shape index (κ1) is 12.9. The summed E-state index contributed by atoms with van der Waals surface area (Å²) in [5.74, 6) is 0.120. The highest BCUT2D eigenvalue weighted by molar-refractivity contribution is 5.95. The molecule has 0 saturated heterocycles. The Balaban J connectivity index is 0.00000169. The van der Waals surface area contributed by atoms with Crippen molar-refractivity contribution in [2.75, 3.05) is 6.54 Å². The van der Waals surface area contributed by atoms with Gasteiger partial charge in [-0.15, -0.1) is 12.4 Å². The Morgan fingerprint density at radius 3 is 2.64 bits per heavy atom. The summed E-state index contributed by atoms with van der Waals surface area (Å²) in [6, 6.07) is 7.73. The summed E-state index contributed by atoms with van der Waals surface area (Å²) in [5, 5.41) is 7.26. The van der Waals surface area contributed by atoms with E-state index >= 15 is 0 Å². The summed E-state index contributed by atoms with van der Waals surface area (Å²) < 4.78 is 0. The van der Waals surface area contributed by atoms with Crippen LogP contribution in [0, 0.1) is 5.41 Å². The van der Waals surface area contributed by atoms with Crippen LogP contribution in [0.5, 0.6) is 0 Å². The zero-order valence-electron chi connectivity index (χ0n) is 7.99. The van der Waals surface area contributed by atoms with E-state index in [1.807, 2.05) is 24.3 Å². The van der Waals surface area contributed by atoms with E-state index in [0.29, 0.717) is 6.54 Å². The minimum Gasteiger partial charge on any atom is -0.384 e. The van der Waals surface area contributed by atoms with Crippen LogP contribution in [0.25, 0.3) is 0 Å². The predicted octanol–water partition coefficient (Wildman–Crippen LogP) is 1.28. The summed E-state index contributed by atoms with van der Waals surface area (Å²) in [4.78, 5) is 0. The van der Waals surface area contributed by atoms with Crippen molar-refractivity contribution in [3.63, 3.8) is 0 Å². The van der Waals surface area contributed by atoms with Gasteiger partial charge in [0.2, 0.25) is 0 Å². The Labute approximate surface area is 90.4 Å². The average molecular weight is 214 g/mol. The van der Waals surface area contributed by atoms with Crippen LogP contribution in [0.3, 0.4) is 0 Å². The maximum atomic E-state index is 7.26. The quantitative estimate of drug-likeness (QED) is 0.521. The fourth-order valence-electron chi connectivity index (χ4n) is 1.20. The lowest BCUT2D eigenvalue weighted by Gasteiger charge is -2.02. The maximum absolute atomic E-state index is 7.26. The lowest BCUT2D eigenvalue weighted by atomic mass is 10.1. The van der Waals surface area contributed by atoms with Gasteiger partial charge in [-0.1, -0.05) is 18.2 Å². The molecule has 0 unspecified atom stereocenters. The standard InChI is InChI=1S/C10H15N3.ClH/c11-6-2-4-8-3-1-5-9(7-8)10(12)13;/h1,3,5,7H,2,4,6,11H2,(H3,12,13);1H. The molecule has 5 N–H and O–H groups in total. The molecule has 1 rings (SSSR count). The zero-order valence-corrected chi connectivity index (χ0v) is 8.81. The van der Waals surface area contributed by atoms with Crippen LogP contribution in [-0.2, 0) is 6.42 Å². The minimum atomic E-state index is 0. The third-order valence-electron chi connectivity index (χ3n) is 1.91. The summed E-state index contributed by atoms with van der Waals surface area (Å²) in [5.41, 5.74) is 12.8. The molecule has 0 radical (unpaired) electrons. The molecule has 0 aromatic heterocycles. The molecule has 78 valence electrons. The largest absolute Gasteiger partial charge is 0.384 e. The molecular formula is C10H16ClN3. The molecule has 14 heavy (non-hydrogen) atoms. The van der Waals surface area contributed by atoms with E-state index in [-0.39, 0.29) is 18.2 Å². The lowest BCUT2D eigenvalue weighted by molar-refractivity contribution is 0.832. The maximum Gasteiger partial charge on any atom is 0.122 e. The second-order valence-electron chi connectivity index (χ2n) is 3.01. The molecule has 0 aliphatic heterocycles. The van der Waals surface area contributed by atoms with Crippen LogP contribution >= 0.6 is 12.4 Å². The number of hydrogen-bond donors (Lipinski definition) is 3. The number of nitrogens with two attached hydrogens (primary N) is 2. The fourth-order valence-corrected chi connectivity index (χ4v) is 1.20. The SMILES string of the molecule is Cl.N=C(N)c1cccc(CCCN)c1. The number of rotatable bonds is 4. The molecule has 1 aromatic rings. The molecule has 0 amide bonds. The Hall–Kier alpha value is -1.06. The molecule has 3 nitrogen and oxygen atoms in total. The molecule has 0 heterocycles.